The van der Waals surface area contributed by atoms with Gasteiger partial charge in [-0.1, -0.05) is 12.2 Å². The Labute approximate surface area is 146 Å². The van der Waals surface area contributed by atoms with E-state index in [4.69, 9.17) is 17.0 Å². The summed E-state index contributed by atoms with van der Waals surface area (Å²) in [6.07, 6.45) is -0.00407. The number of piperidine rings is 1. The van der Waals surface area contributed by atoms with Crippen LogP contribution in [-0.4, -0.2) is 22.4 Å². The summed E-state index contributed by atoms with van der Waals surface area (Å²) < 4.78 is 33.4. The number of carbonyl (C=O) groups is 1. The van der Waals surface area contributed by atoms with Gasteiger partial charge in [0.25, 0.3) is 0 Å². The third kappa shape index (κ3) is 4.63. The average Bonchev–Trinajstić information content (AvgIpc) is 2.42. The second-order valence-electron chi connectivity index (χ2n) is 7.13. The third-order valence-corrected chi connectivity index (χ3v) is 4.24. The molecule has 1 fully saturated rings. The molecular weight excluding hydrogens is 334 g/mol. The molecule has 2 atom stereocenters. The molecule has 1 heterocycles. The first-order valence-electron chi connectivity index (χ1n) is 7.77. The van der Waals surface area contributed by atoms with Crippen LogP contribution in [0.3, 0.4) is 0 Å². The van der Waals surface area contributed by atoms with Gasteiger partial charge in [-0.05, 0) is 58.7 Å². The van der Waals surface area contributed by atoms with Crippen molar-refractivity contribution in [2.24, 2.45) is 0 Å². The van der Waals surface area contributed by atoms with E-state index in [1.807, 2.05) is 0 Å². The van der Waals surface area contributed by atoms with Gasteiger partial charge < -0.3 is 10.1 Å². The summed E-state index contributed by atoms with van der Waals surface area (Å²) in [7, 11) is 0. The first-order valence-corrected chi connectivity index (χ1v) is 8.18. The predicted molar refractivity (Wildman–Crippen MR) is 93.5 cm³/mol. The van der Waals surface area contributed by atoms with Crippen LogP contribution in [0.2, 0.25) is 0 Å². The monoisotopic (exact) mass is 356 g/mol. The lowest BCUT2D eigenvalue weighted by molar-refractivity contribution is 0.0636. The zero-order chi connectivity index (χ0) is 18.1. The van der Waals surface area contributed by atoms with Crippen LogP contribution in [0.5, 0.6) is 0 Å². The van der Waals surface area contributed by atoms with E-state index in [9.17, 15) is 13.6 Å². The van der Waals surface area contributed by atoms with E-state index in [1.165, 1.54) is 25.1 Å². The number of carbonyl (C=O) groups excluding carboxylic acids is 1. The molecule has 0 aliphatic carbocycles. The number of halogens is 2. The summed E-state index contributed by atoms with van der Waals surface area (Å²) >= 11 is 5.03. The topological polar surface area (TPSA) is 50.4 Å². The van der Waals surface area contributed by atoms with E-state index in [1.54, 1.807) is 20.8 Å². The fraction of sp³-hybridized carbons (Fsp3) is 0.529. The quantitative estimate of drug-likeness (QED) is 0.757. The lowest BCUT2D eigenvalue weighted by Crippen LogP contribution is -2.46. The van der Waals surface area contributed by atoms with Crippen molar-refractivity contribution in [1.29, 1.82) is 0 Å². The lowest BCUT2D eigenvalue weighted by Gasteiger charge is -2.34. The highest BCUT2D eigenvalue weighted by molar-refractivity contribution is 7.80. The number of hydrogen-bond acceptors (Lipinski definition) is 3. The molecule has 24 heavy (non-hydrogen) atoms. The number of benzene rings is 1. The minimum Gasteiger partial charge on any atom is -0.444 e. The molecule has 1 aliphatic heterocycles. The zero-order valence-corrected chi connectivity index (χ0v) is 15.0. The molecule has 1 amide bonds. The van der Waals surface area contributed by atoms with E-state index >= 15 is 0 Å². The molecule has 4 nitrogen and oxygen atoms in total. The molecule has 0 bridgehead atoms. The molecule has 132 valence electrons. The van der Waals surface area contributed by atoms with E-state index in [0.29, 0.717) is 17.7 Å². The Hall–Kier alpha value is -1.76. The van der Waals surface area contributed by atoms with Crippen molar-refractivity contribution in [2.75, 3.05) is 5.32 Å². The van der Waals surface area contributed by atoms with Crippen LogP contribution in [0.15, 0.2) is 18.2 Å². The molecule has 0 saturated carbocycles. The summed E-state index contributed by atoms with van der Waals surface area (Å²) in [6, 6.07) is 3.79. The number of alkyl halides is 1. The van der Waals surface area contributed by atoms with Gasteiger partial charge in [0, 0.05) is 11.3 Å². The van der Waals surface area contributed by atoms with Crippen molar-refractivity contribution in [1.82, 2.24) is 5.32 Å². The highest BCUT2D eigenvalue weighted by Crippen LogP contribution is 2.34. The van der Waals surface area contributed by atoms with Crippen molar-refractivity contribution in [2.45, 2.75) is 57.8 Å². The molecule has 2 N–H and O–H groups in total. The van der Waals surface area contributed by atoms with Gasteiger partial charge in [0.15, 0.2) is 5.67 Å². The van der Waals surface area contributed by atoms with Crippen molar-refractivity contribution < 1.29 is 18.3 Å². The molecule has 1 aliphatic rings. The summed E-state index contributed by atoms with van der Waals surface area (Å²) in [5.74, 6) is -0.438. The molecule has 1 aromatic carbocycles. The standard InChI is InChI=1S/C17H22F2N2O2S/c1-16(2,3)23-15(22)20-10-5-6-12(18)11(9-10)13-7-8-17(4,19)14(24)21-13/h5-6,9,13H,7-8H2,1-4H3,(H,20,22)(H,21,24)/t13?,17-/m1/s1. The van der Waals surface area contributed by atoms with Crippen LogP contribution >= 0.6 is 12.2 Å². The third-order valence-electron chi connectivity index (χ3n) is 3.70. The number of anilines is 1. The number of rotatable bonds is 2. The van der Waals surface area contributed by atoms with Crippen LogP contribution in [0.25, 0.3) is 0 Å². The highest BCUT2D eigenvalue weighted by atomic mass is 32.1. The molecule has 1 saturated heterocycles. The summed E-state index contributed by atoms with van der Waals surface area (Å²) in [5.41, 5.74) is -1.46. The second kappa shape index (κ2) is 6.63. The van der Waals surface area contributed by atoms with Crippen LogP contribution in [0, 0.1) is 5.82 Å². The Kier molecular flexibility index (Phi) is 5.13. The van der Waals surface area contributed by atoms with E-state index < -0.39 is 29.2 Å². The highest BCUT2D eigenvalue weighted by Gasteiger charge is 2.36. The van der Waals surface area contributed by atoms with Gasteiger partial charge in [0.1, 0.15) is 16.4 Å². The number of ether oxygens (including phenoxy) is 1. The Bertz CT molecular complexity index is 656. The summed E-state index contributed by atoms with van der Waals surface area (Å²) in [6.45, 7) is 6.67. The maximum absolute atomic E-state index is 14.2. The molecule has 1 aromatic rings. The molecule has 7 heteroatoms. The summed E-state index contributed by atoms with van der Waals surface area (Å²) in [5, 5.41) is 5.43. The van der Waals surface area contributed by atoms with Crippen LogP contribution in [-0.2, 0) is 4.74 Å². The van der Waals surface area contributed by atoms with Gasteiger partial charge in [-0.15, -0.1) is 0 Å². The van der Waals surface area contributed by atoms with Crippen LogP contribution < -0.4 is 10.6 Å². The van der Waals surface area contributed by atoms with E-state index in [-0.39, 0.29) is 11.4 Å². The van der Waals surface area contributed by atoms with Gasteiger partial charge in [0.2, 0.25) is 0 Å². The Balaban J connectivity index is 2.15. The average molecular weight is 356 g/mol. The largest absolute Gasteiger partial charge is 0.444 e. The first-order chi connectivity index (χ1) is 11.0. The lowest BCUT2D eigenvalue weighted by atomic mass is 9.89. The first kappa shape index (κ1) is 18.6. The van der Waals surface area contributed by atoms with E-state index in [2.05, 4.69) is 10.6 Å². The molecular formula is C17H22F2N2O2S. The minimum atomic E-state index is -1.57. The van der Waals surface area contributed by atoms with Gasteiger partial charge in [-0.3, -0.25) is 5.32 Å². The van der Waals surface area contributed by atoms with Gasteiger partial charge in [-0.25, -0.2) is 13.6 Å². The molecule has 1 unspecified atom stereocenters. The zero-order valence-electron chi connectivity index (χ0n) is 14.2. The second-order valence-corrected chi connectivity index (χ2v) is 7.53. The number of hydrogen-bond donors (Lipinski definition) is 2. The summed E-state index contributed by atoms with van der Waals surface area (Å²) in [4.78, 5) is 11.9. The fourth-order valence-electron chi connectivity index (χ4n) is 2.45. The van der Waals surface area contributed by atoms with Gasteiger partial charge in [-0.2, -0.15) is 0 Å². The molecule has 0 radical (unpaired) electrons. The molecule has 0 spiro atoms. The number of nitrogens with one attached hydrogen (secondary N) is 2. The van der Waals surface area contributed by atoms with Crippen molar-refractivity contribution in [3.63, 3.8) is 0 Å². The normalized spacial score (nSPS) is 24.2. The minimum absolute atomic E-state index is 0.0728. The molecule has 2 rings (SSSR count). The van der Waals surface area contributed by atoms with Crippen LogP contribution in [0.1, 0.15) is 52.1 Å². The SMILES string of the molecule is CC(C)(C)OC(=O)Nc1ccc(F)c(C2CC[C@@](C)(F)C(=S)N2)c1. The van der Waals surface area contributed by atoms with Crippen molar-refractivity contribution in [3.8, 4) is 0 Å². The maximum atomic E-state index is 14.2. The number of amides is 1. The predicted octanol–water partition coefficient (Wildman–Crippen LogP) is 4.65. The van der Waals surface area contributed by atoms with Crippen molar-refractivity contribution in [3.05, 3.63) is 29.6 Å². The smallest absolute Gasteiger partial charge is 0.412 e. The van der Waals surface area contributed by atoms with Crippen molar-refractivity contribution >= 4 is 29.0 Å². The fourth-order valence-corrected chi connectivity index (χ4v) is 2.70. The molecule has 0 aromatic heterocycles. The van der Waals surface area contributed by atoms with Crippen LogP contribution in [0.4, 0.5) is 19.3 Å². The van der Waals surface area contributed by atoms with E-state index in [0.717, 1.165) is 0 Å². The Morgan fingerprint density at radius 1 is 1.46 bits per heavy atom. The number of thiocarbonyl (C=S) groups is 1. The van der Waals surface area contributed by atoms with Gasteiger partial charge >= 0.3 is 6.09 Å². The Morgan fingerprint density at radius 3 is 2.71 bits per heavy atom. The Morgan fingerprint density at radius 2 is 2.12 bits per heavy atom. The van der Waals surface area contributed by atoms with Gasteiger partial charge in [0.05, 0.1) is 6.04 Å². The maximum Gasteiger partial charge on any atom is 0.412 e.